The third-order valence-corrected chi connectivity index (χ3v) is 3.35. The SMILES string of the molecule is CC(C)Cc1nn(-c2nccs2)c(Cl)c1[N+](=O)[O-]. The fraction of sp³-hybridized carbons (Fsp3) is 0.400. The Bertz CT molecular complexity index is 565. The summed E-state index contributed by atoms with van der Waals surface area (Å²) in [7, 11) is 0. The van der Waals surface area contributed by atoms with Crippen molar-refractivity contribution in [3.05, 3.63) is 32.5 Å². The molecule has 2 aromatic heterocycles. The first-order chi connectivity index (χ1) is 8.50. The summed E-state index contributed by atoms with van der Waals surface area (Å²) in [5, 5.41) is 17.6. The van der Waals surface area contributed by atoms with Crippen LogP contribution in [0.2, 0.25) is 5.15 Å². The molecule has 0 aliphatic heterocycles. The van der Waals surface area contributed by atoms with Crippen LogP contribution in [0.15, 0.2) is 11.6 Å². The quantitative estimate of drug-likeness (QED) is 0.639. The van der Waals surface area contributed by atoms with E-state index < -0.39 is 4.92 Å². The second-order valence-corrected chi connectivity index (χ2v) is 5.40. The number of hydrogen-bond acceptors (Lipinski definition) is 5. The zero-order valence-electron chi connectivity index (χ0n) is 9.83. The predicted molar refractivity (Wildman–Crippen MR) is 69.4 cm³/mol. The highest BCUT2D eigenvalue weighted by molar-refractivity contribution is 7.12. The monoisotopic (exact) mass is 286 g/mol. The van der Waals surface area contributed by atoms with E-state index in [9.17, 15) is 10.1 Å². The van der Waals surface area contributed by atoms with Crippen LogP contribution in [0.25, 0.3) is 5.13 Å². The Morgan fingerprint density at radius 3 is 2.83 bits per heavy atom. The number of nitro groups is 1. The molecule has 0 radical (unpaired) electrons. The van der Waals surface area contributed by atoms with Crippen molar-refractivity contribution < 1.29 is 4.92 Å². The van der Waals surface area contributed by atoms with Crippen LogP contribution in [0.1, 0.15) is 19.5 Å². The molecule has 0 fully saturated rings. The minimum absolute atomic E-state index is 0.00519. The molecule has 96 valence electrons. The first-order valence-corrected chi connectivity index (χ1v) is 6.58. The van der Waals surface area contributed by atoms with Gasteiger partial charge in [0, 0.05) is 18.0 Å². The Labute approximate surface area is 112 Å². The molecule has 2 aromatic rings. The molecule has 0 unspecified atom stereocenters. The van der Waals surface area contributed by atoms with E-state index in [1.807, 2.05) is 13.8 Å². The lowest BCUT2D eigenvalue weighted by molar-refractivity contribution is -0.385. The molecule has 8 heteroatoms. The molecular formula is C10H11ClN4O2S. The fourth-order valence-corrected chi connectivity index (χ4v) is 2.53. The zero-order chi connectivity index (χ0) is 13.3. The van der Waals surface area contributed by atoms with Gasteiger partial charge in [0.1, 0.15) is 5.69 Å². The van der Waals surface area contributed by atoms with Crippen LogP contribution in [-0.2, 0) is 6.42 Å². The van der Waals surface area contributed by atoms with Gasteiger partial charge in [-0.25, -0.2) is 4.98 Å². The number of nitrogens with zero attached hydrogens (tertiary/aromatic N) is 4. The summed E-state index contributed by atoms with van der Waals surface area (Å²) in [6.07, 6.45) is 2.11. The van der Waals surface area contributed by atoms with Gasteiger partial charge in [-0.05, 0) is 5.92 Å². The largest absolute Gasteiger partial charge is 0.329 e. The van der Waals surface area contributed by atoms with Gasteiger partial charge in [-0.15, -0.1) is 11.3 Å². The molecule has 0 spiro atoms. The van der Waals surface area contributed by atoms with Gasteiger partial charge in [0.2, 0.25) is 10.3 Å². The Balaban J connectivity index is 2.54. The molecule has 6 nitrogen and oxygen atoms in total. The fourth-order valence-electron chi connectivity index (χ4n) is 1.58. The number of thiazole rings is 1. The van der Waals surface area contributed by atoms with Gasteiger partial charge in [0.15, 0.2) is 0 Å². The highest BCUT2D eigenvalue weighted by Crippen LogP contribution is 2.32. The van der Waals surface area contributed by atoms with Crippen LogP contribution in [0, 0.1) is 16.0 Å². The normalized spacial score (nSPS) is 11.1. The van der Waals surface area contributed by atoms with Gasteiger partial charge in [-0.1, -0.05) is 25.4 Å². The van der Waals surface area contributed by atoms with Crippen molar-refractivity contribution in [2.45, 2.75) is 20.3 Å². The van der Waals surface area contributed by atoms with E-state index in [1.165, 1.54) is 16.0 Å². The van der Waals surface area contributed by atoms with E-state index in [0.29, 0.717) is 17.2 Å². The minimum Gasteiger partial charge on any atom is -0.258 e. The minimum atomic E-state index is -0.489. The summed E-state index contributed by atoms with van der Waals surface area (Å²) in [5.74, 6) is 0.263. The van der Waals surface area contributed by atoms with Crippen LogP contribution in [0.4, 0.5) is 5.69 Å². The highest BCUT2D eigenvalue weighted by atomic mass is 35.5. The standard InChI is InChI=1S/C10H11ClN4O2S/c1-6(2)5-7-8(15(16)17)9(11)14(13-7)10-12-3-4-18-10/h3-4,6H,5H2,1-2H3. The van der Waals surface area contributed by atoms with Crippen LogP contribution < -0.4 is 0 Å². The Hall–Kier alpha value is -1.47. The van der Waals surface area contributed by atoms with Crippen LogP contribution >= 0.6 is 22.9 Å². The number of rotatable bonds is 4. The van der Waals surface area contributed by atoms with Crippen molar-refractivity contribution in [3.63, 3.8) is 0 Å². The number of halogens is 1. The van der Waals surface area contributed by atoms with Crippen LogP contribution in [-0.4, -0.2) is 19.7 Å². The van der Waals surface area contributed by atoms with Crippen molar-refractivity contribution in [1.29, 1.82) is 0 Å². The third-order valence-electron chi connectivity index (χ3n) is 2.26. The average molecular weight is 287 g/mol. The molecule has 0 aromatic carbocycles. The Morgan fingerprint density at radius 2 is 2.33 bits per heavy atom. The van der Waals surface area contributed by atoms with Crippen molar-refractivity contribution >= 4 is 28.6 Å². The lowest BCUT2D eigenvalue weighted by Gasteiger charge is -1.99. The second kappa shape index (κ2) is 5.03. The van der Waals surface area contributed by atoms with Crippen LogP contribution in [0.3, 0.4) is 0 Å². The first-order valence-electron chi connectivity index (χ1n) is 5.32. The average Bonchev–Trinajstić information content (AvgIpc) is 2.84. The van der Waals surface area contributed by atoms with E-state index in [0.717, 1.165) is 0 Å². The molecule has 0 atom stereocenters. The Morgan fingerprint density at radius 1 is 1.61 bits per heavy atom. The maximum Gasteiger partial charge on any atom is 0.329 e. The highest BCUT2D eigenvalue weighted by Gasteiger charge is 2.28. The topological polar surface area (TPSA) is 73.8 Å². The van der Waals surface area contributed by atoms with Gasteiger partial charge in [-0.2, -0.15) is 9.78 Å². The van der Waals surface area contributed by atoms with Gasteiger partial charge < -0.3 is 0 Å². The summed E-state index contributed by atoms with van der Waals surface area (Å²) in [5.41, 5.74) is 0.274. The van der Waals surface area contributed by atoms with Gasteiger partial charge in [-0.3, -0.25) is 10.1 Å². The summed E-state index contributed by atoms with van der Waals surface area (Å²) < 4.78 is 1.32. The summed E-state index contributed by atoms with van der Waals surface area (Å²) >= 11 is 7.35. The second-order valence-electron chi connectivity index (χ2n) is 4.17. The van der Waals surface area contributed by atoms with Gasteiger partial charge in [0.25, 0.3) is 0 Å². The summed E-state index contributed by atoms with van der Waals surface area (Å²) in [4.78, 5) is 14.6. The molecule has 0 amide bonds. The van der Waals surface area contributed by atoms with Gasteiger partial charge in [0.05, 0.1) is 4.92 Å². The molecule has 2 heterocycles. The Kier molecular flexibility index (Phi) is 3.63. The maximum absolute atomic E-state index is 11.1. The maximum atomic E-state index is 11.1. The van der Waals surface area contributed by atoms with Crippen molar-refractivity contribution in [3.8, 4) is 5.13 Å². The van der Waals surface area contributed by atoms with E-state index in [2.05, 4.69) is 10.1 Å². The molecule has 0 saturated heterocycles. The molecule has 0 aliphatic carbocycles. The van der Waals surface area contributed by atoms with Crippen molar-refractivity contribution in [2.75, 3.05) is 0 Å². The molecule has 0 saturated carbocycles. The van der Waals surface area contributed by atoms with Crippen molar-refractivity contribution in [2.24, 2.45) is 5.92 Å². The van der Waals surface area contributed by atoms with Crippen LogP contribution in [0.5, 0.6) is 0 Å². The third kappa shape index (κ3) is 2.37. The molecule has 18 heavy (non-hydrogen) atoms. The molecular weight excluding hydrogens is 276 g/mol. The van der Waals surface area contributed by atoms with Gasteiger partial charge >= 0.3 is 5.69 Å². The number of hydrogen-bond donors (Lipinski definition) is 0. The van der Waals surface area contributed by atoms with E-state index in [4.69, 9.17) is 11.6 Å². The number of aromatic nitrogens is 3. The lowest BCUT2D eigenvalue weighted by atomic mass is 10.1. The summed E-state index contributed by atoms with van der Waals surface area (Å²) in [6, 6.07) is 0. The molecule has 0 aliphatic rings. The molecule has 2 rings (SSSR count). The first kappa shape index (κ1) is 13.0. The predicted octanol–water partition coefficient (Wildman–Crippen LogP) is 3.09. The summed E-state index contributed by atoms with van der Waals surface area (Å²) in [6.45, 7) is 3.94. The smallest absolute Gasteiger partial charge is 0.258 e. The molecule has 0 bridgehead atoms. The lowest BCUT2D eigenvalue weighted by Crippen LogP contribution is -2.00. The molecule has 0 N–H and O–H groups in total. The van der Waals surface area contributed by atoms with Crippen molar-refractivity contribution in [1.82, 2.24) is 14.8 Å². The van der Waals surface area contributed by atoms with E-state index in [1.54, 1.807) is 11.6 Å². The van der Waals surface area contributed by atoms with E-state index >= 15 is 0 Å². The van der Waals surface area contributed by atoms with E-state index in [-0.39, 0.29) is 16.8 Å². The zero-order valence-corrected chi connectivity index (χ0v) is 11.4.